The molecule has 0 radical (unpaired) electrons. The van der Waals surface area contributed by atoms with Gasteiger partial charge in [0.25, 0.3) is 0 Å². The summed E-state index contributed by atoms with van der Waals surface area (Å²) in [6.45, 7) is 4.76. The van der Waals surface area contributed by atoms with Crippen LogP contribution < -0.4 is 16.0 Å². The maximum atomic E-state index is 12.7. The molecule has 0 aromatic carbocycles. The maximum Gasteiger partial charge on any atom is 0.234 e. The van der Waals surface area contributed by atoms with Crippen LogP contribution in [0.25, 0.3) is 0 Å². The van der Waals surface area contributed by atoms with Crippen LogP contribution in [0.5, 0.6) is 0 Å². The van der Waals surface area contributed by atoms with E-state index in [1.54, 1.807) is 0 Å². The number of anilines is 2. The second-order valence-electron chi connectivity index (χ2n) is 5.64. The van der Waals surface area contributed by atoms with Gasteiger partial charge in [-0.15, -0.1) is 32.8 Å². The van der Waals surface area contributed by atoms with E-state index in [0.29, 0.717) is 29.8 Å². The second-order valence-corrected chi connectivity index (χ2v) is 8.00. The Kier molecular flexibility index (Phi) is 6.38. The predicted molar refractivity (Wildman–Crippen MR) is 98.3 cm³/mol. The number of hydrogen-bond acceptors (Lipinski definition) is 9. The SMILES string of the molecule is Cc1nnc(NC(=O)CC2(C(=O)Nc3nnc(C)s3)CCNC2)s1.Cl. The second kappa shape index (κ2) is 8.13. The first-order chi connectivity index (χ1) is 11.5. The zero-order valence-corrected chi connectivity index (χ0v) is 16.1. The molecule has 12 heteroatoms. The third-order valence-corrected chi connectivity index (χ3v) is 5.25. The molecule has 0 spiro atoms. The number of carbonyl (C=O) groups is 2. The van der Waals surface area contributed by atoms with Gasteiger partial charge in [-0.05, 0) is 26.8 Å². The minimum absolute atomic E-state index is 0. The number of aromatic nitrogens is 4. The molecule has 2 amide bonds. The lowest BCUT2D eigenvalue weighted by Crippen LogP contribution is -2.41. The van der Waals surface area contributed by atoms with Gasteiger partial charge in [-0.2, -0.15) is 0 Å². The number of halogens is 1. The molecule has 1 fully saturated rings. The molecular formula is C13H18ClN7O2S2. The zero-order valence-electron chi connectivity index (χ0n) is 13.7. The summed E-state index contributed by atoms with van der Waals surface area (Å²) in [6, 6.07) is 0. The quantitative estimate of drug-likeness (QED) is 0.689. The molecule has 2 aromatic heterocycles. The molecule has 3 N–H and O–H groups in total. The van der Waals surface area contributed by atoms with Crippen LogP contribution >= 0.6 is 35.1 Å². The highest BCUT2D eigenvalue weighted by molar-refractivity contribution is 7.15. The highest BCUT2D eigenvalue weighted by Gasteiger charge is 2.43. The van der Waals surface area contributed by atoms with Gasteiger partial charge < -0.3 is 10.6 Å². The topological polar surface area (TPSA) is 122 Å². The fraction of sp³-hybridized carbons (Fsp3) is 0.538. The molecule has 1 unspecified atom stereocenters. The van der Waals surface area contributed by atoms with Crippen molar-refractivity contribution in [2.75, 3.05) is 23.7 Å². The first-order valence-corrected chi connectivity index (χ1v) is 9.02. The number of nitrogens with zero attached hydrogens (tertiary/aromatic N) is 4. The molecule has 1 aliphatic rings. The van der Waals surface area contributed by atoms with Gasteiger partial charge in [0.1, 0.15) is 10.0 Å². The van der Waals surface area contributed by atoms with E-state index in [1.165, 1.54) is 22.7 Å². The lowest BCUT2D eigenvalue weighted by Gasteiger charge is -2.25. The number of amides is 2. The summed E-state index contributed by atoms with van der Waals surface area (Å²) in [5.74, 6) is -0.467. The number of hydrogen-bond donors (Lipinski definition) is 3. The van der Waals surface area contributed by atoms with Crippen molar-refractivity contribution in [3.05, 3.63) is 10.0 Å². The van der Waals surface area contributed by atoms with Crippen molar-refractivity contribution in [3.63, 3.8) is 0 Å². The van der Waals surface area contributed by atoms with Gasteiger partial charge in [0.15, 0.2) is 0 Å². The van der Waals surface area contributed by atoms with E-state index in [-0.39, 0.29) is 30.6 Å². The Hall–Kier alpha value is -1.69. The molecule has 2 aromatic rings. The van der Waals surface area contributed by atoms with Crippen molar-refractivity contribution in [1.82, 2.24) is 25.7 Å². The van der Waals surface area contributed by atoms with E-state index < -0.39 is 5.41 Å². The van der Waals surface area contributed by atoms with Crippen molar-refractivity contribution in [2.24, 2.45) is 5.41 Å². The third-order valence-electron chi connectivity index (χ3n) is 3.74. The summed E-state index contributed by atoms with van der Waals surface area (Å²) in [6.07, 6.45) is 0.654. The standard InChI is InChI=1S/C13H17N7O2S2.ClH/c1-7-17-19-11(23-7)15-9(21)5-13(3-4-14-6-13)10(22)16-12-20-18-8(2)24-12;/h14H,3-6H2,1-2H3,(H,15,19,21)(H,16,20,22);1H. The summed E-state index contributed by atoms with van der Waals surface area (Å²) < 4.78 is 0. The highest BCUT2D eigenvalue weighted by Crippen LogP contribution is 2.32. The van der Waals surface area contributed by atoms with Crippen LogP contribution in [-0.4, -0.2) is 45.3 Å². The molecule has 136 valence electrons. The zero-order chi connectivity index (χ0) is 17.2. The molecular weight excluding hydrogens is 386 g/mol. The Bertz CT molecular complexity index is 757. The van der Waals surface area contributed by atoms with Crippen LogP contribution in [0.3, 0.4) is 0 Å². The molecule has 1 saturated heterocycles. The molecule has 0 saturated carbocycles. The van der Waals surface area contributed by atoms with E-state index in [9.17, 15) is 9.59 Å². The Morgan fingerprint density at radius 3 is 2.16 bits per heavy atom. The van der Waals surface area contributed by atoms with Gasteiger partial charge in [-0.25, -0.2) is 0 Å². The van der Waals surface area contributed by atoms with E-state index in [4.69, 9.17) is 0 Å². The van der Waals surface area contributed by atoms with Crippen LogP contribution in [0, 0.1) is 19.3 Å². The fourth-order valence-corrected chi connectivity index (χ4v) is 3.76. The van der Waals surface area contributed by atoms with Crippen molar-refractivity contribution >= 4 is 57.2 Å². The Balaban J connectivity index is 0.00000225. The predicted octanol–water partition coefficient (Wildman–Crippen LogP) is 1.38. The van der Waals surface area contributed by atoms with Gasteiger partial charge >= 0.3 is 0 Å². The fourth-order valence-electron chi connectivity index (χ4n) is 2.56. The van der Waals surface area contributed by atoms with Crippen LogP contribution in [0.4, 0.5) is 10.3 Å². The van der Waals surface area contributed by atoms with E-state index >= 15 is 0 Å². The minimum Gasteiger partial charge on any atom is -0.316 e. The van der Waals surface area contributed by atoms with Gasteiger partial charge in [-0.1, -0.05) is 22.7 Å². The summed E-state index contributed by atoms with van der Waals surface area (Å²) in [7, 11) is 0. The number of nitrogens with one attached hydrogen (secondary N) is 3. The van der Waals surface area contributed by atoms with Crippen molar-refractivity contribution in [2.45, 2.75) is 26.7 Å². The first-order valence-electron chi connectivity index (χ1n) is 7.39. The van der Waals surface area contributed by atoms with Gasteiger partial charge in [0.05, 0.1) is 5.41 Å². The summed E-state index contributed by atoms with van der Waals surface area (Å²) in [5.41, 5.74) is -0.802. The Morgan fingerprint density at radius 2 is 1.68 bits per heavy atom. The summed E-state index contributed by atoms with van der Waals surface area (Å²) >= 11 is 2.61. The van der Waals surface area contributed by atoms with Gasteiger partial charge in [-0.3, -0.25) is 14.9 Å². The van der Waals surface area contributed by atoms with E-state index in [1.807, 2.05) is 13.8 Å². The summed E-state index contributed by atoms with van der Waals surface area (Å²) in [5, 5.41) is 26.6. The Labute approximate surface area is 158 Å². The number of rotatable bonds is 5. The van der Waals surface area contributed by atoms with E-state index in [2.05, 4.69) is 36.3 Å². The van der Waals surface area contributed by atoms with Crippen LogP contribution in [0.1, 0.15) is 22.9 Å². The average molecular weight is 404 g/mol. The lowest BCUT2D eigenvalue weighted by molar-refractivity contribution is -0.129. The molecule has 1 atom stereocenters. The van der Waals surface area contributed by atoms with E-state index in [0.717, 1.165) is 10.0 Å². The molecule has 1 aliphatic heterocycles. The van der Waals surface area contributed by atoms with Crippen molar-refractivity contribution < 1.29 is 9.59 Å². The molecule has 25 heavy (non-hydrogen) atoms. The normalized spacial score (nSPS) is 19.3. The maximum absolute atomic E-state index is 12.7. The molecule has 0 bridgehead atoms. The third kappa shape index (κ3) is 4.69. The largest absolute Gasteiger partial charge is 0.316 e. The monoisotopic (exact) mass is 403 g/mol. The highest BCUT2D eigenvalue weighted by atomic mass is 35.5. The van der Waals surface area contributed by atoms with Crippen LogP contribution in [0.15, 0.2) is 0 Å². The molecule has 3 rings (SSSR count). The first kappa shape index (κ1) is 19.6. The Morgan fingerprint density at radius 1 is 1.08 bits per heavy atom. The van der Waals surface area contributed by atoms with Gasteiger partial charge in [0.2, 0.25) is 22.1 Å². The summed E-state index contributed by atoms with van der Waals surface area (Å²) in [4.78, 5) is 25.1. The number of aryl methyl sites for hydroxylation is 2. The smallest absolute Gasteiger partial charge is 0.234 e. The van der Waals surface area contributed by atoms with Crippen molar-refractivity contribution in [3.8, 4) is 0 Å². The van der Waals surface area contributed by atoms with Crippen LogP contribution in [-0.2, 0) is 9.59 Å². The van der Waals surface area contributed by atoms with Crippen molar-refractivity contribution in [1.29, 1.82) is 0 Å². The van der Waals surface area contributed by atoms with Crippen LogP contribution in [0.2, 0.25) is 0 Å². The lowest BCUT2D eigenvalue weighted by atomic mass is 9.82. The minimum atomic E-state index is -0.802. The number of carbonyl (C=O) groups excluding carboxylic acids is 2. The molecule has 3 heterocycles. The molecule has 9 nitrogen and oxygen atoms in total. The molecule has 0 aliphatic carbocycles. The van der Waals surface area contributed by atoms with Gasteiger partial charge in [0, 0.05) is 13.0 Å². The average Bonchev–Trinajstić information content (AvgIpc) is 3.23.